The van der Waals surface area contributed by atoms with Crippen LogP contribution < -0.4 is 10.1 Å². The van der Waals surface area contributed by atoms with Gasteiger partial charge in [0.2, 0.25) is 0 Å². The Bertz CT molecular complexity index is 1610. The van der Waals surface area contributed by atoms with E-state index in [-0.39, 0.29) is 23.9 Å². The lowest BCUT2D eigenvalue weighted by Gasteiger charge is -2.27. The number of nitrogens with one attached hydrogen (secondary N) is 1. The number of nitriles is 1. The molecule has 8 nitrogen and oxygen atoms in total. The van der Waals surface area contributed by atoms with E-state index in [0.29, 0.717) is 42.6 Å². The minimum absolute atomic E-state index is 0.0404. The van der Waals surface area contributed by atoms with Crippen molar-refractivity contribution in [2.24, 2.45) is 5.92 Å². The molecule has 1 unspecified atom stereocenters. The molecule has 2 N–H and O–H groups in total. The second kappa shape index (κ2) is 12.9. The molecular weight excluding hydrogens is 528 g/mol. The standard InChI is InChI=1S/C34H36N4O4/c1-3-4-8-31(24-11-9-23(10-12-24)27-17-22(20-35)18-29(19-27)42-2)38-32-26(21-36-38)6-5-7-30(32)33(39)37-28-15-13-25(14-16-28)34(40)41/h5-7,9-12,17-19,21,25,28,31H,3-4,8,13-16H2,1-2H3,(H,37,39)(H,40,41). The molecule has 216 valence electrons. The number of carbonyl (C=O) groups is 2. The molecule has 0 saturated heterocycles. The first-order valence-electron chi connectivity index (χ1n) is 14.6. The van der Waals surface area contributed by atoms with Gasteiger partial charge in [-0.25, -0.2) is 0 Å². The molecule has 4 aromatic rings. The van der Waals surface area contributed by atoms with Crippen molar-refractivity contribution in [3.05, 3.63) is 83.6 Å². The summed E-state index contributed by atoms with van der Waals surface area (Å²) in [5, 5.41) is 27.6. The number of hydrogen-bond acceptors (Lipinski definition) is 5. The molecule has 1 aliphatic rings. The third-order valence-electron chi connectivity index (χ3n) is 8.30. The van der Waals surface area contributed by atoms with Crippen molar-refractivity contribution in [2.45, 2.75) is 64.0 Å². The number of methoxy groups -OCH3 is 1. The number of para-hydroxylation sites is 1. The third kappa shape index (κ3) is 6.15. The van der Waals surface area contributed by atoms with Crippen LogP contribution in [0.5, 0.6) is 5.75 Å². The minimum atomic E-state index is -0.755. The maximum Gasteiger partial charge on any atom is 0.306 e. The number of amides is 1. The van der Waals surface area contributed by atoms with Gasteiger partial charge in [-0.3, -0.25) is 14.3 Å². The summed E-state index contributed by atoms with van der Waals surface area (Å²) in [7, 11) is 1.59. The van der Waals surface area contributed by atoms with E-state index in [1.807, 2.05) is 41.2 Å². The summed E-state index contributed by atoms with van der Waals surface area (Å²) in [5.74, 6) is -0.601. The van der Waals surface area contributed by atoms with E-state index < -0.39 is 5.97 Å². The molecule has 0 radical (unpaired) electrons. The van der Waals surface area contributed by atoms with E-state index in [4.69, 9.17) is 9.84 Å². The van der Waals surface area contributed by atoms with Gasteiger partial charge in [0.25, 0.3) is 5.91 Å². The minimum Gasteiger partial charge on any atom is -0.497 e. The van der Waals surface area contributed by atoms with E-state index >= 15 is 0 Å². The summed E-state index contributed by atoms with van der Waals surface area (Å²) in [6.45, 7) is 2.16. The van der Waals surface area contributed by atoms with E-state index in [1.54, 1.807) is 13.2 Å². The number of ether oxygens (including phenoxy) is 1. The quantitative estimate of drug-likeness (QED) is 0.220. The van der Waals surface area contributed by atoms with Gasteiger partial charge < -0.3 is 15.2 Å². The molecule has 0 bridgehead atoms. The Morgan fingerprint density at radius 1 is 1.10 bits per heavy atom. The van der Waals surface area contributed by atoms with E-state index in [1.165, 1.54) is 0 Å². The van der Waals surface area contributed by atoms with Crippen LogP contribution in [-0.4, -0.2) is 39.9 Å². The Balaban J connectivity index is 1.45. The highest BCUT2D eigenvalue weighted by Crippen LogP contribution is 2.33. The number of rotatable bonds is 10. The van der Waals surface area contributed by atoms with Crippen LogP contribution in [0, 0.1) is 17.2 Å². The molecule has 1 atom stereocenters. The molecule has 42 heavy (non-hydrogen) atoms. The van der Waals surface area contributed by atoms with Gasteiger partial charge in [0.15, 0.2) is 0 Å². The Labute approximate surface area is 245 Å². The van der Waals surface area contributed by atoms with Crippen LogP contribution in [0.4, 0.5) is 0 Å². The average Bonchev–Trinajstić information content (AvgIpc) is 3.45. The predicted octanol–water partition coefficient (Wildman–Crippen LogP) is 6.74. The number of fused-ring (bicyclic) bond motifs is 1. The van der Waals surface area contributed by atoms with Crippen LogP contribution in [0.1, 0.15) is 79.4 Å². The summed E-state index contributed by atoms with van der Waals surface area (Å²) < 4.78 is 7.37. The van der Waals surface area contributed by atoms with Gasteiger partial charge in [0.05, 0.1) is 48.0 Å². The van der Waals surface area contributed by atoms with Crippen LogP contribution in [-0.2, 0) is 4.79 Å². The fourth-order valence-electron chi connectivity index (χ4n) is 5.94. The molecular formula is C34H36N4O4. The number of nitrogens with zero attached hydrogens (tertiary/aromatic N) is 3. The monoisotopic (exact) mass is 564 g/mol. The highest BCUT2D eigenvalue weighted by molar-refractivity contribution is 6.05. The molecule has 0 spiro atoms. The summed E-state index contributed by atoms with van der Waals surface area (Å²) >= 11 is 0. The predicted molar refractivity (Wildman–Crippen MR) is 161 cm³/mol. The maximum atomic E-state index is 13.6. The number of aliphatic carboxylic acids is 1. The number of aromatic nitrogens is 2. The van der Waals surface area contributed by atoms with Gasteiger partial charge in [-0.15, -0.1) is 0 Å². The van der Waals surface area contributed by atoms with Crippen LogP contribution in [0.2, 0.25) is 0 Å². The lowest BCUT2D eigenvalue weighted by atomic mass is 9.86. The zero-order valence-corrected chi connectivity index (χ0v) is 24.0. The second-order valence-corrected chi connectivity index (χ2v) is 11.0. The summed E-state index contributed by atoms with van der Waals surface area (Å²) in [6.07, 6.45) is 7.17. The van der Waals surface area contributed by atoms with Crippen molar-refractivity contribution in [3.8, 4) is 22.9 Å². The Morgan fingerprint density at radius 2 is 1.86 bits per heavy atom. The van der Waals surface area contributed by atoms with Crippen molar-refractivity contribution in [2.75, 3.05) is 7.11 Å². The number of carbonyl (C=O) groups excluding carboxylic acids is 1. The Hall–Kier alpha value is -4.64. The van der Waals surface area contributed by atoms with Crippen molar-refractivity contribution < 1.29 is 19.4 Å². The summed E-state index contributed by atoms with van der Waals surface area (Å²) in [4.78, 5) is 24.9. The third-order valence-corrected chi connectivity index (χ3v) is 8.30. The van der Waals surface area contributed by atoms with Gasteiger partial charge in [-0.1, -0.05) is 56.2 Å². The average molecular weight is 565 g/mol. The van der Waals surface area contributed by atoms with Crippen molar-refractivity contribution >= 4 is 22.8 Å². The molecule has 3 aromatic carbocycles. The molecule has 8 heteroatoms. The van der Waals surface area contributed by atoms with Crippen molar-refractivity contribution in [1.29, 1.82) is 5.26 Å². The molecule has 1 aromatic heterocycles. The van der Waals surface area contributed by atoms with Gasteiger partial charge in [-0.2, -0.15) is 10.4 Å². The fraction of sp³-hybridized carbons (Fsp3) is 0.353. The van der Waals surface area contributed by atoms with E-state index in [0.717, 1.165) is 46.9 Å². The zero-order valence-electron chi connectivity index (χ0n) is 24.0. The largest absolute Gasteiger partial charge is 0.497 e. The molecule has 1 aliphatic carbocycles. The smallest absolute Gasteiger partial charge is 0.306 e. The van der Waals surface area contributed by atoms with Gasteiger partial charge in [0, 0.05) is 11.4 Å². The number of carboxylic acids is 1. The number of unbranched alkanes of at least 4 members (excludes halogenated alkanes) is 1. The van der Waals surface area contributed by atoms with Gasteiger partial charge in [-0.05, 0) is 73.1 Å². The van der Waals surface area contributed by atoms with Gasteiger partial charge >= 0.3 is 5.97 Å². The SMILES string of the molecule is CCCCC(c1ccc(-c2cc(C#N)cc(OC)c2)cc1)n1ncc2cccc(C(=O)NC3CCC(C(=O)O)CC3)c21. The summed E-state index contributed by atoms with van der Waals surface area (Å²) in [6, 6.07) is 21.6. The highest BCUT2D eigenvalue weighted by Gasteiger charge is 2.28. The van der Waals surface area contributed by atoms with Crippen molar-refractivity contribution in [1.82, 2.24) is 15.1 Å². The second-order valence-electron chi connectivity index (χ2n) is 11.0. The van der Waals surface area contributed by atoms with Crippen LogP contribution >= 0.6 is 0 Å². The lowest BCUT2D eigenvalue weighted by molar-refractivity contribution is -0.142. The summed E-state index contributed by atoms with van der Waals surface area (Å²) in [5.41, 5.74) is 4.88. The van der Waals surface area contributed by atoms with Crippen LogP contribution in [0.25, 0.3) is 22.0 Å². The van der Waals surface area contributed by atoms with Crippen LogP contribution in [0.15, 0.2) is 66.9 Å². The number of benzene rings is 3. The Morgan fingerprint density at radius 3 is 2.52 bits per heavy atom. The fourth-order valence-corrected chi connectivity index (χ4v) is 5.94. The van der Waals surface area contributed by atoms with E-state index in [9.17, 15) is 20.0 Å². The number of carboxylic acid groups (broad SMARTS) is 1. The highest BCUT2D eigenvalue weighted by atomic mass is 16.5. The molecule has 1 saturated carbocycles. The van der Waals surface area contributed by atoms with E-state index in [2.05, 4.69) is 42.6 Å². The van der Waals surface area contributed by atoms with Gasteiger partial charge in [0.1, 0.15) is 5.75 Å². The molecule has 1 fully saturated rings. The lowest BCUT2D eigenvalue weighted by Crippen LogP contribution is -2.39. The molecule has 5 rings (SSSR count). The number of hydrogen-bond donors (Lipinski definition) is 2. The Kier molecular flexibility index (Phi) is 8.87. The molecule has 0 aliphatic heterocycles. The first-order valence-corrected chi connectivity index (χ1v) is 14.6. The van der Waals surface area contributed by atoms with Crippen LogP contribution in [0.3, 0.4) is 0 Å². The molecule has 1 amide bonds. The first kappa shape index (κ1) is 28.9. The van der Waals surface area contributed by atoms with Crippen molar-refractivity contribution in [3.63, 3.8) is 0 Å². The molecule has 1 heterocycles. The first-order chi connectivity index (χ1) is 20.4. The zero-order chi connectivity index (χ0) is 29.6. The normalized spacial score (nSPS) is 17.4. The topological polar surface area (TPSA) is 117 Å². The maximum absolute atomic E-state index is 13.6.